The molecular formula is C24H25N6O7P. The van der Waals surface area contributed by atoms with Crippen LogP contribution in [0.25, 0.3) is 11.1 Å². The monoisotopic (exact) mass is 540 g/mol. The maximum absolute atomic E-state index is 12.3. The summed E-state index contributed by atoms with van der Waals surface area (Å²) < 4.78 is 21.6. The third-order valence-corrected chi connectivity index (χ3v) is 6.55. The van der Waals surface area contributed by atoms with Crippen LogP contribution in [0.4, 0.5) is 23.1 Å². The molecule has 0 spiro atoms. The highest BCUT2D eigenvalue weighted by Gasteiger charge is 2.20. The first kappa shape index (κ1) is 25.6. The van der Waals surface area contributed by atoms with Gasteiger partial charge in [0.15, 0.2) is 5.58 Å². The molecule has 1 fully saturated rings. The number of phosphoric ester groups is 1. The number of benzene rings is 2. The van der Waals surface area contributed by atoms with Crippen LogP contribution < -0.4 is 21.7 Å². The van der Waals surface area contributed by atoms with Gasteiger partial charge in [0.25, 0.3) is 5.91 Å². The second kappa shape index (κ2) is 10.4. The smallest absolute Gasteiger partial charge is 0.408 e. The van der Waals surface area contributed by atoms with Crippen molar-refractivity contribution in [2.24, 2.45) is 0 Å². The van der Waals surface area contributed by atoms with E-state index in [1.54, 1.807) is 48.7 Å². The molecule has 14 heteroatoms. The van der Waals surface area contributed by atoms with Crippen molar-refractivity contribution in [1.82, 2.24) is 19.9 Å². The van der Waals surface area contributed by atoms with Gasteiger partial charge in [-0.2, -0.15) is 4.98 Å². The summed E-state index contributed by atoms with van der Waals surface area (Å²) in [5, 5.41) is 9.28. The molecule has 0 aliphatic heterocycles. The lowest BCUT2D eigenvalue weighted by Gasteiger charge is -2.26. The maximum atomic E-state index is 12.3. The number of nitrogens with zero attached hydrogens (tertiary/aromatic N) is 3. The largest absolute Gasteiger partial charge is 0.471 e. The molecule has 0 saturated heterocycles. The molecule has 1 aliphatic carbocycles. The number of nitrogens with one attached hydrogen (secondary N) is 3. The van der Waals surface area contributed by atoms with Crippen LogP contribution in [0.2, 0.25) is 0 Å². The average molecular weight is 540 g/mol. The van der Waals surface area contributed by atoms with Crippen LogP contribution >= 0.6 is 7.82 Å². The van der Waals surface area contributed by atoms with E-state index in [1.165, 1.54) is 0 Å². The van der Waals surface area contributed by atoms with Gasteiger partial charge in [-0.05, 0) is 68.7 Å². The fourth-order valence-corrected chi connectivity index (χ4v) is 4.08. The molecule has 38 heavy (non-hydrogen) atoms. The van der Waals surface area contributed by atoms with Crippen LogP contribution in [-0.4, -0.2) is 36.3 Å². The Morgan fingerprint density at radius 1 is 1.16 bits per heavy atom. The Morgan fingerprint density at radius 3 is 2.58 bits per heavy atom. The number of fused-ring (bicyclic) bond motifs is 1. The molecule has 5 rings (SSSR count). The first-order valence-corrected chi connectivity index (χ1v) is 13.3. The molecule has 2 heterocycles. The van der Waals surface area contributed by atoms with Crippen LogP contribution in [0.15, 0.2) is 57.9 Å². The SMILES string of the molecule is Cc1cnc(Nc2ccc(C(=O)NC3CCC3)cc2)nc1Nc1ccc2oc(=O)n(COP(=O)(O)O)c2c1. The zero-order valence-corrected chi connectivity index (χ0v) is 21.1. The van der Waals surface area contributed by atoms with Crippen molar-refractivity contribution in [2.45, 2.75) is 39.0 Å². The Labute approximate surface area is 216 Å². The number of oxazole rings is 1. The van der Waals surface area contributed by atoms with Crippen molar-refractivity contribution in [3.05, 3.63) is 70.3 Å². The Balaban J connectivity index is 1.31. The number of aryl methyl sites for hydroxylation is 1. The van der Waals surface area contributed by atoms with E-state index in [2.05, 4.69) is 30.4 Å². The fraction of sp³-hybridized carbons (Fsp3) is 0.250. The first-order valence-electron chi connectivity index (χ1n) is 11.8. The van der Waals surface area contributed by atoms with Crippen LogP contribution in [-0.2, 0) is 15.8 Å². The predicted octanol–water partition coefficient (Wildman–Crippen LogP) is 3.53. The van der Waals surface area contributed by atoms with Gasteiger partial charge < -0.3 is 30.2 Å². The van der Waals surface area contributed by atoms with Gasteiger partial charge in [-0.15, -0.1) is 0 Å². The highest BCUT2D eigenvalue weighted by molar-refractivity contribution is 7.46. The molecule has 0 unspecified atom stereocenters. The van der Waals surface area contributed by atoms with Crippen molar-refractivity contribution in [3.63, 3.8) is 0 Å². The summed E-state index contributed by atoms with van der Waals surface area (Å²) >= 11 is 0. The number of carbonyl (C=O) groups excluding carboxylic acids is 1. The number of hydrogen-bond acceptors (Lipinski definition) is 9. The molecule has 13 nitrogen and oxygen atoms in total. The lowest BCUT2D eigenvalue weighted by Crippen LogP contribution is -2.39. The van der Waals surface area contributed by atoms with E-state index < -0.39 is 20.3 Å². The number of carbonyl (C=O) groups is 1. The minimum absolute atomic E-state index is 0.0902. The van der Waals surface area contributed by atoms with Crippen LogP contribution in [0.5, 0.6) is 0 Å². The molecule has 4 aromatic rings. The van der Waals surface area contributed by atoms with E-state index in [1.807, 2.05) is 6.92 Å². The lowest BCUT2D eigenvalue weighted by atomic mass is 9.93. The number of hydrogen-bond donors (Lipinski definition) is 5. The maximum Gasteiger partial charge on any atom is 0.471 e. The van der Waals surface area contributed by atoms with E-state index in [0.29, 0.717) is 28.7 Å². The molecule has 0 atom stereocenters. The molecule has 198 valence electrons. The molecule has 1 aliphatic rings. The molecule has 1 amide bonds. The predicted molar refractivity (Wildman–Crippen MR) is 138 cm³/mol. The quantitative estimate of drug-likeness (QED) is 0.196. The van der Waals surface area contributed by atoms with Gasteiger partial charge in [-0.3, -0.25) is 9.32 Å². The molecule has 0 bridgehead atoms. The number of anilines is 4. The van der Waals surface area contributed by atoms with Gasteiger partial charge in [-0.25, -0.2) is 18.9 Å². The highest BCUT2D eigenvalue weighted by atomic mass is 31.2. The average Bonchev–Trinajstić information content (AvgIpc) is 3.16. The van der Waals surface area contributed by atoms with Crippen LogP contribution in [0.1, 0.15) is 35.2 Å². The van der Waals surface area contributed by atoms with Crippen molar-refractivity contribution < 1.29 is 28.1 Å². The van der Waals surface area contributed by atoms with Crippen LogP contribution in [0, 0.1) is 6.92 Å². The van der Waals surface area contributed by atoms with Crippen molar-refractivity contribution in [2.75, 3.05) is 10.6 Å². The second-order valence-electron chi connectivity index (χ2n) is 8.88. The topological polar surface area (TPSA) is 181 Å². The summed E-state index contributed by atoms with van der Waals surface area (Å²) in [4.78, 5) is 51.2. The lowest BCUT2D eigenvalue weighted by molar-refractivity contribution is 0.0917. The van der Waals surface area contributed by atoms with E-state index in [4.69, 9.17) is 14.2 Å². The number of rotatable bonds is 9. The summed E-state index contributed by atoms with van der Waals surface area (Å²) in [7, 11) is -4.79. The van der Waals surface area contributed by atoms with Gasteiger partial charge in [-0.1, -0.05) is 0 Å². The van der Waals surface area contributed by atoms with Gasteiger partial charge in [0, 0.05) is 34.7 Å². The standard InChI is InChI=1S/C24H25N6O7P/c1-14-12-25-23(28-17-7-5-15(6-8-17)22(31)27-16-3-2-4-16)29-21(14)26-18-9-10-20-19(11-18)30(24(32)37-20)13-36-38(33,34)35/h5-12,16H,2-4,13H2,1H3,(H,27,31)(H2,33,34,35)(H2,25,26,28,29). The van der Waals surface area contributed by atoms with E-state index in [9.17, 15) is 14.2 Å². The molecule has 0 radical (unpaired) electrons. The van der Waals surface area contributed by atoms with Crippen molar-refractivity contribution in [3.8, 4) is 0 Å². The van der Waals surface area contributed by atoms with E-state index in [0.717, 1.165) is 29.4 Å². The summed E-state index contributed by atoms with van der Waals surface area (Å²) in [6, 6.07) is 12.1. The Morgan fingerprint density at radius 2 is 1.89 bits per heavy atom. The third kappa shape index (κ3) is 5.92. The Hall–Kier alpha value is -4.03. The van der Waals surface area contributed by atoms with Gasteiger partial charge in [0.05, 0.1) is 5.52 Å². The van der Waals surface area contributed by atoms with Crippen LogP contribution in [0.3, 0.4) is 0 Å². The normalized spacial score (nSPS) is 13.8. The van der Waals surface area contributed by atoms with Crippen molar-refractivity contribution >= 4 is 48.0 Å². The van der Waals surface area contributed by atoms with Gasteiger partial charge >= 0.3 is 13.6 Å². The number of aromatic nitrogens is 3. The zero-order chi connectivity index (χ0) is 26.9. The Bertz CT molecular complexity index is 1590. The molecular weight excluding hydrogens is 515 g/mol. The summed E-state index contributed by atoms with van der Waals surface area (Å²) in [6.07, 6.45) is 4.83. The minimum atomic E-state index is -4.79. The van der Waals surface area contributed by atoms with Crippen molar-refractivity contribution in [1.29, 1.82) is 0 Å². The van der Waals surface area contributed by atoms with E-state index in [-0.39, 0.29) is 23.0 Å². The first-order chi connectivity index (χ1) is 18.1. The Kier molecular flexibility index (Phi) is 7.00. The number of amides is 1. The summed E-state index contributed by atoms with van der Waals surface area (Å²) in [6.45, 7) is 1.14. The fourth-order valence-electron chi connectivity index (χ4n) is 3.82. The second-order valence-corrected chi connectivity index (χ2v) is 10.1. The minimum Gasteiger partial charge on any atom is -0.408 e. The zero-order valence-electron chi connectivity index (χ0n) is 20.2. The molecule has 2 aromatic carbocycles. The number of phosphoric acid groups is 1. The molecule has 2 aromatic heterocycles. The summed E-state index contributed by atoms with van der Waals surface area (Å²) in [5.41, 5.74) is 3.06. The molecule has 5 N–H and O–H groups in total. The summed E-state index contributed by atoms with van der Waals surface area (Å²) in [5.74, 6) is -0.0993. The molecule has 1 saturated carbocycles. The van der Waals surface area contributed by atoms with Gasteiger partial charge in [0.1, 0.15) is 12.5 Å². The van der Waals surface area contributed by atoms with E-state index >= 15 is 0 Å². The third-order valence-electron chi connectivity index (χ3n) is 6.10. The van der Waals surface area contributed by atoms with Gasteiger partial charge in [0.2, 0.25) is 5.95 Å². The highest BCUT2D eigenvalue weighted by Crippen LogP contribution is 2.36.